The first-order valence-electron chi connectivity index (χ1n) is 11.5. The van der Waals surface area contributed by atoms with E-state index in [0.717, 1.165) is 42.1 Å². The summed E-state index contributed by atoms with van der Waals surface area (Å²) in [6.45, 7) is 1.07. The first kappa shape index (κ1) is 23.9. The highest BCUT2D eigenvalue weighted by molar-refractivity contribution is 6.10. The van der Waals surface area contributed by atoms with Crippen molar-refractivity contribution in [1.82, 2.24) is 25.2 Å². The van der Waals surface area contributed by atoms with E-state index >= 15 is 0 Å². The zero-order valence-corrected chi connectivity index (χ0v) is 20.3. The van der Waals surface area contributed by atoms with Gasteiger partial charge in [-0.1, -0.05) is 53.7 Å². The third-order valence-corrected chi connectivity index (χ3v) is 5.43. The van der Waals surface area contributed by atoms with Gasteiger partial charge in [0.25, 0.3) is 0 Å². The lowest BCUT2D eigenvalue weighted by atomic mass is 10.1. The molecule has 0 spiro atoms. The summed E-state index contributed by atoms with van der Waals surface area (Å²) in [6.07, 6.45) is 2.05. The summed E-state index contributed by atoms with van der Waals surface area (Å²) in [4.78, 5) is 12.4. The molecular weight excluding hydrogens is 440 g/mol. The van der Waals surface area contributed by atoms with Gasteiger partial charge >= 0.3 is 0 Å². The summed E-state index contributed by atoms with van der Waals surface area (Å²) >= 11 is 0. The number of nitrogens with zero attached hydrogens (tertiary/aromatic N) is 7. The second kappa shape index (κ2) is 11.7. The molecule has 0 atom stereocenters. The number of oxime groups is 1. The van der Waals surface area contributed by atoms with Gasteiger partial charge in [0.15, 0.2) is 12.3 Å². The van der Waals surface area contributed by atoms with Crippen LogP contribution in [0.15, 0.2) is 78.0 Å². The van der Waals surface area contributed by atoms with Gasteiger partial charge in [-0.3, -0.25) is 0 Å². The summed E-state index contributed by atoms with van der Waals surface area (Å²) in [6, 6.07) is 24.3. The van der Waals surface area contributed by atoms with Crippen molar-refractivity contribution in [3.63, 3.8) is 0 Å². The minimum absolute atomic E-state index is 0.224. The maximum atomic E-state index is 5.73. The fourth-order valence-electron chi connectivity index (χ4n) is 3.56. The van der Waals surface area contributed by atoms with Gasteiger partial charge in [0.1, 0.15) is 5.82 Å². The minimum Gasteiger partial charge on any atom is -0.389 e. The monoisotopic (exact) mass is 470 g/mol. The van der Waals surface area contributed by atoms with E-state index in [9.17, 15) is 0 Å². The van der Waals surface area contributed by atoms with Gasteiger partial charge in [0.2, 0.25) is 5.82 Å². The SMILES string of the molecule is CN(C)c1cccc(C(=NOCc2cccc(NCCCc3ccccc3)n2)c2nnnn2C)c1. The number of benzene rings is 2. The van der Waals surface area contributed by atoms with Gasteiger partial charge in [-0.05, 0) is 53.1 Å². The Morgan fingerprint density at radius 1 is 1.03 bits per heavy atom. The predicted molar refractivity (Wildman–Crippen MR) is 137 cm³/mol. The second-order valence-electron chi connectivity index (χ2n) is 8.31. The highest BCUT2D eigenvalue weighted by atomic mass is 16.6. The van der Waals surface area contributed by atoms with Crippen LogP contribution in [0.2, 0.25) is 0 Å². The largest absolute Gasteiger partial charge is 0.389 e. The number of rotatable bonds is 11. The summed E-state index contributed by atoms with van der Waals surface area (Å²) < 4.78 is 1.57. The number of aryl methyl sites for hydroxylation is 2. The van der Waals surface area contributed by atoms with Crippen molar-refractivity contribution in [2.45, 2.75) is 19.4 Å². The van der Waals surface area contributed by atoms with Crippen LogP contribution in [0.3, 0.4) is 0 Å². The summed E-state index contributed by atoms with van der Waals surface area (Å²) in [7, 11) is 5.75. The van der Waals surface area contributed by atoms with Crippen LogP contribution in [0, 0.1) is 0 Å². The number of aromatic nitrogens is 5. The fraction of sp³-hybridized carbons (Fsp3) is 0.269. The fourth-order valence-corrected chi connectivity index (χ4v) is 3.56. The van der Waals surface area contributed by atoms with Gasteiger partial charge in [-0.2, -0.15) is 0 Å². The second-order valence-corrected chi connectivity index (χ2v) is 8.31. The Labute approximate surface area is 205 Å². The van der Waals surface area contributed by atoms with Crippen molar-refractivity contribution in [3.8, 4) is 0 Å². The first-order valence-corrected chi connectivity index (χ1v) is 11.5. The molecule has 0 aliphatic heterocycles. The standard InChI is InChI=1S/C26H30N8O/c1-33(2)23-15-7-13-21(18-23)25(26-29-31-32-34(26)3)30-35-19-22-14-8-16-24(28-22)27-17-9-12-20-10-5-4-6-11-20/h4-8,10-11,13-16,18H,9,12,17,19H2,1-3H3,(H,27,28). The van der Waals surface area contributed by atoms with E-state index in [1.807, 2.05) is 67.5 Å². The van der Waals surface area contributed by atoms with Gasteiger partial charge in [-0.25, -0.2) is 9.67 Å². The lowest BCUT2D eigenvalue weighted by molar-refractivity contribution is 0.128. The topological polar surface area (TPSA) is 93.3 Å². The molecule has 180 valence electrons. The molecule has 4 rings (SSSR count). The maximum Gasteiger partial charge on any atom is 0.204 e. The summed E-state index contributed by atoms with van der Waals surface area (Å²) in [5, 5.41) is 19.6. The smallest absolute Gasteiger partial charge is 0.204 e. The molecule has 0 unspecified atom stereocenters. The van der Waals surface area contributed by atoms with E-state index in [0.29, 0.717) is 11.5 Å². The molecule has 2 aromatic carbocycles. The Balaban J connectivity index is 1.40. The number of anilines is 2. The number of pyridine rings is 1. The van der Waals surface area contributed by atoms with Crippen molar-refractivity contribution in [3.05, 3.63) is 95.4 Å². The van der Waals surface area contributed by atoms with E-state index in [-0.39, 0.29) is 6.61 Å². The molecule has 0 amide bonds. The molecule has 0 saturated heterocycles. The molecular formula is C26H30N8O. The van der Waals surface area contributed by atoms with Crippen LogP contribution in [-0.4, -0.2) is 51.5 Å². The maximum absolute atomic E-state index is 5.73. The highest BCUT2D eigenvalue weighted by Crippen LogP contribution is 2.17. The van der Waals surface area contributed by atoms with E-state index in [1.54, 1.807) is 11.7 Å². The van der Waals surface area contributed by atoms with E-state index in [4.69, 9.17) is 4.84 Å². The zero-order valence-electron chi connectivity index (χ0n) is 20.3. The Morgan fingerprint density at radius 2 is 1.86 bits per heavy atom. The normalized spacial score (nSPS) is 11.3. The van der Waals surface area contributed by atoms with Crippen LogP contribution in [-0.2, 0) is 24.9 Å². The van der Waals surface area contributed by atoms with Crippen LogP contribution >= 0.6 is 0 Å². The first-order chi connectivity index (χ1) is 17.1. The molecule has 9 heteroatoms. The third-order valence-electron chi connectivity index (χ3n) is 5.43. The average molecular weight is 471 g/mol. The number of hydrogen-bond acceptors (Lipinski definition) is 8. The van der Waals surface area contributed by atoms with Crippen molar-refractivity contribution in [1.29, 1.82) is 0 Å². The van der Waals surface area contributed by atoms with Crippen molar-refractivity contribution >= 4 is 17.2 Å². The van der Waals surface area contributed by atoms with Gasteiger partial charge in [0, 0.05) is 38.9 Å². The molecule has 2 aromatic heterocycles. The molecule has 4 aromatic rings. The van der Waals surface area contributed by atoms with E-state index in [2.05, 4.69) is 55.2 Å². The minimum atomic E-state index is 0.224. The lowest BCUT2D eigenvalue weighted by Crippen LogP contribution is -2.14. The van der Waals surface area contributed by atoms with Gasteiger partial charge < -0.3 is 15.1 Å². The third kappa shape index (κ3) is 6.63. The van der Waals surface area contributed by atoms with Crippen LogP contribution in [0.5, 0.6) is 0 Å². The number of nitrogens with one attached hydrogen (secondary N) is 1. The number of hydrogen-bond donors (Lipinski definition) is 1. The van der Waals surface area contributed by atoms with Crippen LogP contribution in [0.4, 0.5) is 11.5 Å². The van der Waals surface area contributed by atoms with Crippen LogP contribution in [0.1, 0.15) is 29.1 Å². The van der Waals surface area contributed by atoms with Crippen molar-refractivity contribution in [2.75, 3.05) is 30.9 Å². The van der Waals surface area contributed by atoms with E-state index in [1.165, 1.54) is 5.56 Å². The highest BCUT2D eigenvalue weighted by Gasteiger charge is 2.16. The van der Waals surface area contributed by atoms with Gasteiger partial charge in [-0.15, -0.1) is 5.10 Å². The lowest BCUT2D eigenvalue weighted by Gasteiger charge is -2.14. The Hall–Kier alpha value is -4.27. The molecule has 0 aliphatic carbocycles. The van der Waals surface area contributed by atoms with E-state index < -0.39 is 0 Å². The molecule has 2 heterocycles. The van der Waals surface area contributed by atoms with Crippen molar-refractivity contribution < 1.29 is 4.84 Å². The summed E-state index contributed by atoms with van der Waals surface area (Å²) in [5.74, 6) is 1.34. The molecule has 0 saturated carbocycles. The Kier molecular flexibility index (Phi) is 8.00. The molecule has 0 fully saturated rings. The van der Waals surface area contributed by atoms with Crippen LogP contribution < -0.4 is 10.2 Å². The predicted octanol–water partition coefficient (Wildman–Crippen LogP) is 3.69. The Bertz CT molecular complexity index is 1250. The molecule has 0 aliphatic rings. The molecule has 35 heavy (non-hydrogen) atoms. The molecule has 0 radical (unpaired) electrons. The number of tetrazole rings is 1. The van der Waals surface area contributed by atoms with Crippen LogP contribution in [0.25, 0.3) is 0 Å². The molecule has 9 nitrogen and oxygen atoms in total. The Morgan fingerprint density at radius 3 is 2.63 bits per heavy atom. The molecule has 1 N–H and O–H groups in total. The van der Waals surface area contributed by atoms with Gasteiger partial charge in [0.05, 0.1) is 5.69 Å². The molecule has 0 bridgehead atoms. The zero-order chi connectivity index (χ0) is 24.5. The quantitative estimate of drug-likeness (QED) is 0.203. The summed E-state index contributed by atoms with van der Waals surface area (Å²) in [5.41, 5.74) is 4.57. The average Bonchev–Trinajstić information content (AvgIpc) is 3.31. The van der Waals surface area contributed by atoms with Crippen molar-refractivity contribution in [2.24, 2.45) is 12.2 Å².